The first-order valence-electron chi connectivity index (χ1n) is 6.95. The standard InChI is InChI=1S/C17H22N2O/c18-16(17(19)15-9-5-2-6-10-15)11-12-20-13-14-7-3-1-4-8-14/h1-10,16-17H,11-13,18-19H2/t16-,17+/m0/s1. The maximum atomic E-state index is 6.15. The zero-order chi connectivity index (χ0) is 14.2. The van der Waals surface area contributed by atoms with E-state index in [-0.39, 0.29) is 12.1 Å². The van der Waals surface area contributed by atoms with Gasteiger partial charge >= 0.3 is 0 Å². The van der Waals surface area contributed by atoms with E-state index in [9.17, 15) is 0 Å². The number of nitrogens with two attached hydrogens (primary N) is 2. The Morgan fingerprint density at radius 2 is 1.45 bits per heavy atom. The molecule has 106 valence electrons. The summed E-state index contributed by atoms with van der Waals surface area (Å²) in [6.45, 7) is 1.24. The topological polar surface area (TPSA) is 61.3 Å². The molecule has 0 bridgehead atoms. The molecule has 0 amide bonds. The summed E-state index contributed by atoms with van der Waals surface area (Å²) in [5.41, 5.74) is 14.5. The van der Waals surface area contributed by atoms with Crippen LogP contribution in [-0.4, -0.2) is 12.6 Å². The highest BCUT2D eigenvalue weighted by Crippen LogP contribution is 2.14. The largest absolute Gasteiger partial charge is 0.377 e. The van der Waals surface area contributed by atoms with Gasteiger partial charge in [-0.3, -0.25) is 0 Å². The van der Waals surface area contributed by atoms with Crippen LogP contribution in [0.5, 0.6) is 0 Å². The molecule has 2 atom stereocenters. The first-order chi connectivity index (χ1) is 9.77. The lowest BCUT2D eigenvalue weighted by molar-refractivity contribution is 0.112. The molecule has 0 aliphatic heterocycles. The van der Waals surface area contributed by atoms with Crippen molar-refractivity contribution in [2.45, 2.75) is 25.1 Å². The fraction of sp³-hybridized carbons (Fsp3) is 0.294. The molecule has 0 heterocycles. The summed E-state index contributed by atoms with van der Waals surface area (Å²) in [5.74, 6) is 0. The van der Waals surface area contributed by atoms with Gasteiger partial charge in [0.25, 0.3) is 0 Å². The van der Waals surface area contributed by atoms with E-state index in [1.165, 1.54) is 5.56 Å². The van der Waals surface area contributed by atoms with Crippen LogP contribution in [-0.2, 0) is 11.3 Å². The van der Waals surface area contributed by atoms with Crippen LogP contribution in [0.1, 0.15) is 23.6 Å². The number of hydrogen-bond acceptors (Lipinski definition) is 3. The summed E-state index contributed by atoms with van der Waals surface area (Å²) >= 11 is 0. The summed E-state index contributed by atoms with van der Waals surface area (Å²) in [7, 11) is 0. The molecule has 0 radical (unpaired) electrons. The van der Waals surface area contributed by atoms with Gasteiger partial charge in [-0.05, 0) is 17.5 Å². The molecular formula is C17H22N2O. The molecular weight excluding hydrogens is 248 g/mol. The van der Waals surface area contributed by atoms with Crippen LogP contribution in [0.25, 0.3) is 0 Å². The van der Waals surface area contributed by atoms with Crippen LogP contribution in [0.4, 0.5) is 0 Å². The average molecular weight is 270 g/mol. The lowest BCUT2D eigenvalue weighted by Gasteiger charge is -2.20. The van der Waals surface area contributed by atoms with Crippen LogP contribution in [0.2, 0.25) is 0 Å². The first kappa shape index (κ1) is 14.7. The number of hydrogen-bond donors (Lipinski definition) is 2. The van der Waals surface area contributed by atoms with E-state index in [0.717, 1.165) is 12.0 Å². The predicted molar refractivity (Wildman–Crippen MR) is 82.1 cm³/mol. The van der Waals surface area contributed by atoms with Crippen LogP contribution >= 0.6 is 0 Å². The number of benzene rings is 2. The Labute approximate surface area is 120 Å². The second-order valence-corrected chi connectivity index (χ2v) is 4.93. The van der Waals surface area contributed by atoms with Gasteiger partial charge in [-0.15, -0.1) is 0 Å². The maximum absolute atomic E-state index is 6.15. The molecule has 2 rings (SSSR count). The molecule has 2 aromatic carbocycles. The highest BCUT2D eigenvalue weighted by atomic mass is 16.5. The molecule has 0 aliphatic carbocycles. The van der Waals surface area contributed by atoms with Gasteiger partial charge in [0.2, 0.25) is 0 Å². The Morgan fingerprint density at radius 1 is 0.850 bits per heavy atom. The van der Waals surface area contributed by atoms with Crippen molar-refractivity contribution in [1.82, 2.24) is 0 Å². The van der Waals surface area contributed by atoms with Crippen molar-refractivity contribution < 1.29 is 4.74 Å². The Hall–Kier alpha value is -1.68. The minimum atomic E-state index is -0.142. The van der Waals surface area contributed by atoms with Crippen molar-refractivity contribution in [2.75, 3.05) is 6.61 Å². The summed E-state index contributed by atoms with van der Waals surface area (Å²) in [6, 6.07) is 19.8. The van der Waals surface area contributed by atoms with Crippen molar-refractivity contribution in [3.05, 3.63) is 71.8 Å². The van der Waals surface area contributed by atoms with E-state index in [2.05, 4.69) is 12.1 Å². The smallest absolute Gasteiger partial charge is 0.0716 e. The van der Waals surface area contributed by atoms with Crippen molar-refractivity contribution in [2.24, 2.45) is 11.5 Å². The quantitative estimate of drug-likeness (QED) is 0.760. The Bertz CT molecular complexity index is 487. The van der Waals surface area contributed by atoms with E-state index in [1.54, 1.807) is 0 Å². The van der Waals surface area contributed by atoms with Gasteiger partial charge < -0.3 is 16.2 Å². The average Bonchev–Trinajstić information content (AvgIpc) is 2.52. The van der Waals surface area contributed by atoms with Crippen molar-refractivity contribution in [3.63, 3.8) is 0 Å². The Kier molecular flexibility index (Phi) is 5.74. The lowest BCUT2D eigenvalue weighted by Crippen LogP contribution is -2.35. The van der Waals surface area contributed by atoms with Gasteiger partial charge in [-0.1, -0.05) is 60.7 Å². The third-order valence-corrected chi connectivity index (χ3v) is 3.35. The monoisotopic (exact) mass is 270 g/mol. The fourth-order valence-electron chi connectivity index (χ4n) is 2.09. The van der Waals surface area contributed by atoms with Gasteiger partial charge in [0.15, 0.2) is 0 Å². The van der Waals surface area contributed by atoms with Crippen molar-refractivity contribution >= 4 is 0 Å². The predicted octanol–water partition coefficient (Wildman–Crippen LogP) is 2.62. The van der Waals surface area contributed by atoms with Crippen LogP contribution in [0.15, 0.2) is 60.7 Å². The van der Waals surface area contributed by atoms with E-state index in [1.807, 2.05) is 48.5 Å². The summed E-state index contributed by atoms with van der Waals surface area (Å²) in [5, 5.41) is 0. The minimum Gasteiger partial charge on any atom is -0.377 e. The van der Waals surface area contributed by atoms with Crippen molar-refractivity contribution in [3.8, 4) is 0 Å². The molecule has 2 aromatic rings. The molecule has 0 spiro atoms. The SMILES string of the molecule is N[C@H](c1ccccc1)[C@@H](N)CCOCc1ccccc1. The van der Waals surface area contributed by atoms with Crippen molar-refractivity contribution in [1.29, 1.82) is 0 Å². The van der Waals surface area contributed by atoms with E-state index in [0.29, 0.717) is 13.2 Å². The van der Waals surface area contributed by atoms with E-state index < -0.39 is 0 Å². The molecule has 0 saturated carbocycles. The van der Waals surface area contributed by atoms with Gasteiger partial charge in [0.05, 0.1) is 6.61 Å². The minimum absolute atomic E-state index is 0.0897. The highest BCUT2D eigenvalue weighted by Gasteiger charge is 2.14. The molecule has 3 heteroatoms. The number of ether oxygens (including phenoxy) is 1. The number of rotatable bonds is 7. The molecule has 0 aliphatic rings. The third kappa shape index (κ3) is 4.46. The fourth-order valence-corrected chi connectivity index (χ4v) is 2.09. The van der Waals surface area contributed by atoms with Gasteiger partial charge in [-0.25, -0.2) is 0 Å². The molecule has 20 heavy (non-hydrogen) atoms. The molecule has 0 saturated heterocycles. The highest BCUT2D eigenvalue weighted by molar-refractivity contribution is 5.19. The first-order valence-corrected chi connectivity index (χ1v) is 6.95. The normalized spacial score (nSPS) is 13.9. The van der Waals surface area contributed by atoms with Crippen LogP contribution < -0.4 is 11.5 Å². The van der Waals surface area contributed by atoms with Crippen LogP contribution in [0.3, 0.4) is 0 Å². The summed E-state index contributed by atoms with van der Waals surface area (Å²) in [6.07, 6.45) is 0.753. The molecule has 0 aromatic heterocycles. The summed E-state index contributed by atoms with van der Waals surface area (Å²) < 4.78 is 5.64. The van der Waals surface area contributed by atoms with Crippen LogP contribution in [0, 0.1) is 0 Å². The Balaban J connectivity index is 1.71. The zero-order valence-electron chi connectivity index (χ0n) is 11.6. The second-order valence-electron chi connectivity index (χ2n) is 4.93. The maximum Gasteiger partial charge on any atom is 0.0716 e. The molecule has 0 unspecified atom stereocenters. The molecule has 4 N–H and O–H groups in total. The van der Waals surface area contributed by atoms with Gasteiger partial charge in [0.1, 0.15) is 0 Å². The molecule has 0 fully saturated rings. The zero-order valence-corrected chi connectivity index (χ0v) is 11.6. The lowest BCUT2D eigenvalue weighted by atomic mass is 9.99. The summed E-state index contributed by atoms with van der Waals surface area (Å²) in [4.78, 5) is 0. The Morgan fingerprint density at radius 3 is 2.10 bits per heavy atom. The van der Waals surface area contributed by atoms with E-state index >= 15 is 0 Å². The van der Waals surface area contributed by atoms with E-state index in [4.69, 9.17) is 16.2 Å². The molecule has 3 nitrogen and oxygen atoms in total. The second kappa shape index (κ2) is 7.80. The van der Waals surface area contributed by atoms with Gasteiger partial charge in [-0.2, -0.15) is 0 Å². The van der Waals surface area contributed by atoms with Gasteiger partial charge in [0, 0.05) is 18.7 Å². The third-order valence-electron chi connectivity index (χ3n) is 3.35.